The molecule has 0 aromatic heterocycles. The molecule has 4 unspecified atom stereocenters. The van der Waals surface area contributed by atoms with E-state index in [1.165, 1.54) is 0 Å². The minimum Gasteiger partial charge on any atom is -0.778 e. The van der Waals surface area contributed by atoms with Crippen LogP contribution in [0.15, 0.2) is 0 Å². The van der Waals surface area contributed by atoms with Crippen LogP contribution in [0.4, 0.5) is 0 Å². The molecule has 10 N–H and O–H groups in total. The number of rotatable bonds is 34. The zero-order chi connectivity index (χ0) is 38.8. The first-order valence-corrected chi connectivity index (χ1v) is 23.6. The van der Waals surface area contributed by atoms with Crippen molar-refractivity contribution in [2.75, 3.05) is 104 Å². The van der Waals surface area contributed by atoms with Crippen molar-refractivity contribution in [2.45, 2.75) is 44.9 Å². The van der Waals surface area contributed by atoms with Gasteiger partial charge in [-0.25, -0.2) is 0 Å². The van der Waals surface area contributed by atoms with Gasteiger partial charge in [0.25, 0.3) is 0 Å². The van der Waals surface area contributed by atoms with Crippen molar-refractivity contribution in [2.24, 2.45) is 0 Å². The van der Waals surface area contributed by atoms with Crippen LogP contribution in [0.3, 0.4) is 0 Å². The minimum absolute atomic E-state index is 0. The summed E-state index contributed by atoms with van der Waals surface area (Å²) in [4.78, 5) is 105. The van der Waals surface area contributed by atoms with Gasteiger partial charge in [-0.2, -0.15) is 0 Å². The Bertz CT molecular complexity index is 1040. The number of carbonyl (C=O) groups excluding carboxylic acids is 2. The van der Waals surface area contributed by atoms with Crippen molar-refractivity contribution in [1.29, 1.82) is 0 Å². The van der Waals surface area contributed by atoms with E-state index in [9.17, 15) is 47.4 Å². The Morgan fingerprint density at radius 3 is 0.855 bits per heavy atom. The minimum atomic E-state index is -4.87. The van der Waals surface area contributed by atoms with E-state index in [4.69, 9.17) is 19.6 Å². The Morgan fingerprint density at radius 2 is 0.618 bits per heavy atom. The van der Waals surface area contributed by atoms with Gasteiger partial charge in [-0.05, 0) is 90.9 Å². The second-order valence-electron chi connectivity index (χ2n) is 11.9. The molecule has 0 spiro atoms. The normalized spacial score (nSPS) is 15.5. The van der Waals surface area contributed by atoms with Crippen molar-refractivity contribution < 1.29 is 185 Å². The number of amides is 2. The molecule has 0 radical (unpaired) electrons. The summed E-state index contributed by atoms with van der Waals surface area (Å²) < 4.78 is 44.1. The van der Waals surface area contributed by atoms with Crippen molar-refractivity contribution in [1.82, 2.24) is 41.7 Å². The fraction of sp³-hybridized carbons (Fsp3) is 0.920. The van der Waals surface area contributed by atoms with Crippen LogP contribution < -0.4 is 170 Å². The van der Waals surface area contributed by atoms with Gasteiger partial charge in [0.15, 0.2) is 0 Å². The van der Waals surface area contributed by atoms with E-state index in [2.05, 4.69) is 31.9 Å². The molecule has 0 aromatic carbocycles. The summed E-state index contributed by atoms with van der Waals surface area (Å²) in [5.74, 6) is -1.28. The summed E-state index contributed by atoms with van der Waals surface area (Å²) in [6.07, 6.45) is 1.88. The standard InChI is InChI=1S/C25H60N8O14P4.4Na/c34-24(18-32(20-48(36,37)38)21-49(39,40)41)30-16-6-14-28-12-4-10-26-8-2-1-3-9-27-11-5-13-29-15-7-17-31-25(35)19-33(22-50(42,43)44)23-51(45,46)47;;;;/h26-29H,1-23H2,(H,30,34)(H,31,35)(H2,36,37,38)(H2,39,40,41)(H2,42,43,44)(H2,45,46,47);;;;/q;4*+1/p-4. The zero-order valence-corrected chi connectivity index (χ0v) is 44.4. The predicted molar refractivity (Wildman–Crippen MR) is 182 cm³/mol. The molecule has 0 fully saturated rings. The molecule has 0 rings (SSSR count). The zero-order valence-electron chi connectivity index (χ0n) is 32.8. The topological polar surface area (TPSA) is 354 Å². The molecule has 0 aliphatic carbocycles. The maximum atomic E-state index is 11.9. The largest absolute Gasteiger partial charge is 1.00 e. The van der Waals surface area contributed by atoms with Gasteiger partial charge in [0.2, 0.25) is 11.8 Å². The SMILES string of the molecule is O=C(CN(CP(=O)([O-])O)CP(=O)([O-])O)NCCCNCCCNCCCCCNCCCNCCCNC(=O)CN(CP(=O)([O-])O)CP(=O)([O-])O.[Na+].[Na+].[Na+].[Na+]. The van der Waals surface area contributed by atoms with E-state index >= 15 is 0 Å². The molecule has 0 aliphatic heterocycles. The summed E-state index contributed by atoms with van der Waals surface area (Å²) >= 11 is 0. The molecule has 0 aliphatic rings. The predicted octanol–water partition coefficient (Wildman–Crippen LogP) is -17.1. The number of hydrogen-bond acceptors (Lipinski definition) is 16. The van der Waals surface area contributed by atoms with Crippen molar-refractivity contribution >= 4 is 42.2 Å². The second kappa shape index (κ2) is 38.9. The molecule has 30 heteroatoms. The Labute approximate surface area is 412 Å². The molecule has 0 heterocycles. The van der Waals surface area contributed by atoms with Crippen LogP contribution in [0.25, 0.3) is 0 Å². The van der Waals surface area contributed by atoms with Gasteiger partial charge >= 0.3 is 118 Å². The van der Waals surface area contributed by atoms with Crippen LogP contribution in [-0.4, -0.2) is 145 Å². The van der Waals surface area contributed by atoms with Gasteiger partial charge in [0.1, 0.15) is 30.4 Å². The quantitative estimate of drug-likeness (QED) is 0.0163. The third-order valence-electron chi connectivity index (χ3n) is 6.58. The monoisotopic (exact) mass is 908 g/mol. The number of nitrogens with zero attached hydrogens (tertiary/aromatic N) is 2. The molecule has 0 bridgehead atoms. The molecule has 0 saturated carbocycles. The van der Waals surface area contributed by atoms with E-state index in [1.54, 1.807) is 0 Å². The van der Waals surface area contributed by atoms with Crippen LogP contribution in [0.2, 0.25) is 0 Å². The van der Waals surface area contributed by atoms with E-state index in [0.29, 0.717) is 35.7 Å². The molecule has 0 saturated heterocycles. The third-order valence-corrected chi connectivity index (χ3v) is 9.61. The van der Waals surface area contributed by atoms with Crippen molar-refractivity contribution in [3.63, 3.8) is 0 Å². The van der Waals surface area contributed by atoms with Crippen LogP contribution in [0, 0.1) is 0 Å². The van der Waals surface area contributed by atoms with Crippen molar-refractivity contribution in [3.05, 3.63) is 0 Å². The number of unbranched alkanes of at least 4 members (excludes halogenated alkanes) is 2. The van der Waals surface area contributed by atoms with Gasteiger partial charge < -0.3 is 89.3 Å². The van der Waals surface area contributed by atoms with Gasteiger partial charge in [0, 0.05) is 13.1 Å². The third kappa shape index (κ3) is 53.4. The van der Waals surface area contributed by atoms with Crippen LogP contribution >= 0.6 is 30.4 Å². The van der Waals surface area contributed by atoms with Gasteiger partial charge in [-0.3, -0.25) is 19.4 Å². The summed E-state index contributed by atoms with van der Waals surface area (Å²) in [5, 5.41) is 18.3. The molecule has 22 nitrogen and oxygen atoms in total. The molecule has 4 atom stereocenters. The maximum Gasteiger partial charge on any atom is 1.00 e. The first kappa shape index (κ1) is 67.4. The average molecular weight is 909 g/mol. The Balaban J connectivity index is -0.00000208. The van der Waals surface area contributed by atoms with E-state index in [-0.39, 0.29) is 131 Å². The fourth-order valence-electron chi connectivity index (χ4n) is 4.55. The fourth-order valence-corrected chi connectivity index (χ4v) is 7.69. The number of hydrogen-bond donors (Lipinski definition) is 10. The average Bonchev–Trinajstić information content (AvgIpc) is 2.93. The molecule has 304 valence electrons. The Hall–Kier alpha value is 3.30. The first-order chi connectivity index (χ1) is 23.7. The van der Waals surface area contributed by atoms with Crippen molar-refractivity contribution in [3.8, 4) is 0 Å². The number of nitrogens with one attached hydrogen (secondary N) is 6. The van der Waals surface area contributed by atoms with Crippen LogP contribution in [0.1, 0.15) is 44.9 Å². The Morgan fingerprint density at radius 1 is 0.400 bits per heavy atom. The van der Waals surface area contributed by atoms with E-state index in [1.807, 2.05) is 0 Å². The van der Waals surface area contributed by atoms with Gasteiger partial charge in [-0.1, -0.05) is 6.42 Å². The summed E-state index contributed by atoms with van der Waals surface area (Å²) in [6, 6.07) is 0. The molecule has 55 heavy (non-hydrogen) atoms. The van der Waals surface area contributed by atoms with Crippen LogP contribution in [0.5, 0.6) is 0 Å². The van der Waals surface area contributed by atoms with E-state index < -0.39 is 80.4 Å². The smallest absolute Gasteiger partial charge is 0.778 e. The number of carbonyl (C=O) groups is 2. The first-order valence-electron chi connectivity index (χ1n) is 16.6. The Kier molecular flexibility index (Phi) is 47.7. The molecule has 0 aromatic rings. The van der Waals surface area contributed by atoms with E-state index in [0.717, 1.165) is 71.4 Å². The summed E-state index contributed by atoms with van der Waals surface area (Å²) in [7, 11) is -19.5. The summed E-state index contributed by atoms with van der Waals surface area (Å²) in [5.41, 5.74) is 0. The maximum absolute atomic E-state index is 11.9. The van der Waals surface area contributed by atoms with Crippen LogP contribution in [-0.2, 0) is 27.8 Å². The van der Waals surface area contributed by atoms with Gasteiger partial charge in [-0.15, -0.1) is 0 Å². The molecule has 2 amide bonds. The molecular formula is C25H56N8Na4O14P4. The summed E-state index contributed by atoms with van der Waals surface area (Å²) in [6.45, 7) is 5.66. The van der Waals surface area contributed by atoms with Gasteiger partial charge in [0.05, 0.1) is 38.2 Å². The molecular weight excluding hydrogens is 852 g/mol. The second-order valence-corrected chi connectivity index (χ2v) is 18.2.